The molecule has 1 aliphatic carbocycles. The number of hydrogen-bond donors (Lipinski definition) is 3. The Kier molecular flexibility index (Phi) is 5.41. The summed E-state index contributed by atoms with van der Waals surface area (Å²) in [7, 11) is 0. The molecule has 0 atom stereocenters. The van der Waals surface area contributed by atoms with Crippen molar-refractivity contribution in [3.8, 4) is 0 Å². The van der Waals surface area contributed by atoms with E-state index in [4.69, 9.17) is 5.73 Å². The summed E-state index contributed by atoms with van der Waals surface area (Å²) >= 11 is 0. The van der Waals surface area contributed by atoms with Gasteiger partial charge in [0.1, 0.15) is 6.54 Å². The Morgan fingerprint density at radius 1 is 1.25 bits per heavy atom. The van der Waals surface area contributed by atoms with Crippen molar-refractivity contribution in [2.45, 2.75) is 38.3 Å². The predicted octanol–water partition coefficient (Wildman–Crippen LogP) is 1.15. The molecule has 4 N–H and O–H groups in total. The summed E-state index contributed by atoms with van der Waals surface area (Å²) < 4.78 is 0. The molecule has 1 aromatic rings. The number of amides is 1. The number of carbonyl (C=O) groups excluding carboxylic acids is 1. The van der Waals surface area contributed by atoms with Crippen molar-refractivity contribution in [2.24, 2.45) is 10.7 Å². The molecule has 20 heavy (non-hydrogen) atoms. The van der Waals surface area contributed by atoms with Crippen molar-refractivity contribution in [1.82, 2.24) is 10.6 Å². The third kappa shape index (κ3) is 4.91. The van der Waals surface area contributed by atoms with Crippen molar-refractivity contribution in [3.05, 3.63) is 35.9 Å². The van der Waals surface area contributed by atoms with E-state index in [1.807, 2.05) is 30.3 Å². The van der Waals surface area contributed by atoms with E-state index in [1.54, 1.807) is 0 Å². The van der Waals surface area contributed by atoms with Crippen LogP contribution in [0.25, 0.3) is 0 Å². The molecule has 2 rings (SSSR count). The van der Waals surface area contributed by atoms with E-state index in [9.17, 15) is 4.79 Å². The zero-order valence-corrected chi connectivity index (χ0v) is 11.6. The first-order valence-corrected chi connectivity index (χ1v) is 7.11. The fraction of sp³-hybridized carbons (Fsp3) is 0.467. The maximum atomic E-state index is 11.7. The zero-order valence-electron chi connectivity index (χ0n) is 11.6. The lowest BCUT2D eigenvalue weighted by molar-refractivity contribution is -0.119. The molecule has 1 aliphatic rings. The Bertz CT molecular complexity index is 452. The van der Waals surface area contributed by atoms with Crippen LogP contribution in [0, 0.1) is 0 Å². The molecule has 108 valence electrons. The molecule has 0 spiro atoms. The summed E-state index contributed by atoms with van der Waals surface area (Å²) in [5.74, 6) is 0.247. The van der Waals surface area contributed by atoms with Crippen LogP contribution in [0.15, 0.2) is 35.3 Å². The number of guanidine groups is 1. The number of nitrogens with two attached hydrogens (primary N) is 1. The van der Waals surface area contributed by atoms with Gasteiger partial charge in [0.05, 0.1) is 0 Å². The average Bonchev–Trinajstić information content (AvgIpc) is 2.97. The quantitative estimate of drug-likeness (QED) is 0.556. The number of nitrogens with zero attached hydrogens (tertiary/aromatic N) is 1. The summed E-state index contributed by atoms with van der Waals surface area (Å²) in [5, 5.41) is 5.97. The van der Waals surface area contributed by atoms with Crippen LogP contribution in [0.3, 0.4) is 0 Å². The van der Waals surface area contributed by atoms with Crippen LogP contribution in [0.4, 0.5) is 0 Å². The van der Waals surface area contributed by atoms with Crippen molar-refractivity contribution in [3.63, 3.8) is 0 Å². The van der Waals surface area contributed by atoms with Gasteiger partial charge in [0.25, 0.3) is 0 Å². The molecule has 0 unspecified atom stereocenters. The first kappa shape index (κ1) is 14.4. The summed E-state index contributed by atoms with van der Waals surface area (Å²) in [6, 6.07) is 10.2. The monoisotopic (exact) mass is 274 g/mol. The van der Waals surface area contributed by atoms with Crippen molar-refractivity contribution >= 4 is 11.9 Å². The van der Waals surface area contributed by atoms with E-state index >= 15 is 0 Å². The number of benzene rings is 1. The fourth-order valence-corrected chi connectivity index (χ4v) is 2.33. The lowest BCUT2D eigenvalue weighted by atomic mass is 10.2. The highest BCUT2D eigenvalue weighted by molar-refractivity contribution is 5.84. The normalized spacial score (nSPS) is 16.1. The van der Waals surface area contributed by atoms with Gasteiger partial charge < -0.3 is 16.4 Å². The van der Waals surface area contributed by atoms with Crippen molar-refractivity contribution < 1.29 is 4.79 Å². The van der Waals surface area contributed by atoms with Crippen LogP contribution in [-0.2, 0) is 11.3 Å². The van der Waals surface area contributed by atoms with E-state index in [1.165, 1.54) is 12.8 Å². The minimum Gasteiger partial charge on any atom is -0.370 e. The SMILES string of the molecule is NC(=NCC(=O)NCc1ccccc1)NC1CCCC1. The zero-order chi connectivity index (χ0) is 14.2. The molecule has 5 heteroatoms. The highest BCUT2D eigenvalue weighted by Gasteiger charge is 2.14. The Labute approximate surface area is 119 Å². The van der Waals surface area contributed by atoms with Crippen LogP contribution in [-0.4, -0.2) is 24.5 Å². The maximum absolute atomic E-state index is 11.7. The lowest BCUT2D eigenvalue weighted by Crippen LogP contribution is -2.39. The van der Waals surface area contributed by atoms with Gasteiger partial charge in [-0.1, -0.05) is 43.2 Å². The molecule has 1 saturated carbocycles. The van der Waals surface area contributed by atoms with E-state index in [0.717, 1.165) is 18.4 Å². The topological polar surface area (TPSA) is 79.5 Å². The van der Waals surface area contributed by atoms with Crippen LogP contribution in [0.2, 0.25) is 0 Å². The summed E-state index contributed by atoms with van der Waals surface area (Å²) in [6.07, 6.45) is 4.75. The molecule has 1 aromatic carbocycles. The van der Waals surface area contributed by atoms with Gasteiger partial charge in [-0.2, -0.15) is 0 Å². The summed E-state index contributed by atoms with van der Waals surface area (Å²) in [5.41, 5.74) is 6.84. The molecule has 1 amide bonds. The number of nitrogens with one attached hydrogen (secondary N) is 2. The van der Waals surface area contributed by atoms with Gasteiger partial charge >= 0.3 is 0 Å². The predicted molar refractivity (Wildman–Crippen MR) is 80.2 cm³/mol. The Morgan fingerprint density at radius 2 is 1.95 bits per heavy atom. The molecule has 5 nitrogen and oxygen atoms in total. The second-order valence-corrected chi connectivity index (χ2v) is 5.09. The second kappa shape index (κ2) is 7.53. The maximum Gasteiger partial charge on any atom is 0.242 e. The second-order valence-electron chi connectivity index (χ2n) is 5.09. The molecular weight excluding hydrogens is 252 g/mol. The van der Waals surface area contributed by atoms with Gasteiger partial charge in [0.15, 0.2) is 5.96 Å². The summed E-state index contributed by atoms with van der Waals surface area (Å²) in [4.78, 5) is 15.7. The Hall–Kier alpha value is -2.04. The molecular formula is C15H22N4O. The molecule has 0 radical (unpaired) electrons. The highest BCUT2D eigenvalue weighted by atomic mass is 16.1. The third-order valence-corrected chi connectivity index (χ3v) is 3.43. The van der Waals surface area contributed by atoms with Gasteiger partial charge in [-0.15, -0.1) is 0 Å². The number of carbonyl (C=O) groups is 1. The largest absolute Gasteiger partial charge is 0.370 e. The lowest BCUT2D eigenvalue weighted by Gasteiger charge is -2.12. The van der Waals surface area contributed by atoms with Gasteiger partial charge in [-0.05, 0) is 18.4 Å². The smallest absolute Gasteiger partial charge is 0.242 e. The molecule has 0 saturated heterocycles. The third-order valence-electron chi connectivity index (χ3n) is 3.43. The van der Waals surface area contributed by atoms with E-state index in [-0.39, 0.29) is 12.5 Å². The Balaban J connectivity index is 1.68. The minimum atomic E-state index is -0.120. The molecule has 0 aromatic heterocycles. The van der Waals surface area contributed by atoms with E-state index in [2.05, 4.69) is 15.6 Å². The standard InChI is InChI=1S/C15H22N4O/c16-15(19-13-8-4-5-9-13)18-11-14(20)17-10-12-6-2-1-3-7-12/h1-3,6-7,13H,4-5,8-11H2,(H,17,20)(H3,16,18,19). The van der Waals surface area contributed by atoms with Crippen LogP contribution >= 0.6 is 0 Å². The van der Waals surface area contributed by atoms with Crippen molar-refractivity contribution in [1.29, 1.82) is 0 Å². The number of hydrogen-bond acceptors (Lipinski definition) is 2. The van der Waals surface area contributed by atoms with Crippen LogP contribution in [0.5, 0.6) is 0 Å². The fourth-order valence-electron chi connectivity index (χ4n) is 2.33. The van der Waals surface area contributed by atoms with Gasteiger partial charge in [-0.25, -0.2) is 4.99 Å². The van der Waals surface area contributed by atoms with E-state index in [0.29, 0.717) is 18.5 Å². The highest BCUT2D eigenvalue weighted by Crippen LogP contribution is 2.17. The van der Waals surface area contributed by atoms with E-state index < -0.39 is 0 Å². The Morgan fingerprint density at radius 3 is 2.65 bits per heavy atom. The molecule has 0 aliphatic heterocycles. The first-order valence-electron chi connectivity index (χ1n) is 7.11. The van der Waals surface area contributed by atoms with Crippen LogP contribution < -0.4 is 16.4 Å². The first-order chi connectivity index (χ1) is 9.74. The minimum absolute atomic E-state index is 0.0678. The summed E-state index contributed by atoms with van der Waals surface area (Å²) in [6.45, 7) is 0.587. The number of aliphatic imine (C=N–C) groups is 1. The van der Waals surface area contributed by atoms with Gasteiger partial charge in [-0.3, -0.25) is 4.79 Å². The molecule has 1 fully saturated rings. The van der Waals surface area contributed by atoms with Crippen molar-refractivity contribution in [2.75, 3.05) is 6.54 Å². The molecule has 0 heterocycles. The number of rotatable bonds is 5. The molecule has 0 bridgehead atoms. The van der Waals surface area contributed by atoms with Crippen LogP contribution in [0.1, 0.15) is 31.2 Å². The van der Waals surface area contributed by atoms with Gasteiger partial charge in [0, 0.05) is 12.6 Å². The average molecular weight is 274 g/mol. The van der Waals surface area contributed by atoms with Gasteiger partial charge in [0.2, 0.25) is 5.91 Å².